The predicted octanol–water partition coefficient (Wildman–Crippen LogP) is 1.96. The van der Waals surface area contributed by atoms with Gasteiger partial charge in [0.2, 0.25) is 0 Å². The van der Waals surface area contributed by atoms with Gasteiger partial charge in [0.05, 0.1) is 26.5 Å². The Hall–Kier alpha value is -2.63. The normalized spacial score (nSPS) is 10.1. The Labute approximate surface area is 116 Å². The maximum Gasteiger partial charge on any atom is 0.172 e. The number of nitrogens with zero attached hydrogens (tertiary/aromatic N) is 3. The van der Waals surface area contributed by atoms with Crippen LogP contribution in [0.2, 0.25) is 0 Å². The molecule has 0 N–H and O–H groups in total. The van der Waals surface area contributed by atoms with Crippen LogP contribution in [0.3, 0.4) is 0 Å². The monoisotopic (exact) mass is 273 g/mol. The van der Waals surface area contributed by atoms with E-state index in [-0.39, 0.29) is 5.69 Å². The molecule has 0 atom stereocenters. The summed E-state index contributed by atoms with van der Waals surface area (Å²) >= 11 is 0. The number of benzene rings is 1. The van der Waals surface area contributed by atoms with Crippen molar-refractivity contribution in [3.8, 4) is 22.8 Å². The summed E-state index contributed by atoms with van der Waals surface area (Å²) in [6.07, 6.45) is 2.36. The summed E-state index contributed by atoms with van der Waals surface area (Å²) in [4.78, 5) is 11.1. The molecular formula is C14H15N3O3. The summed E-state index contributed by atoms with van der Waals surface area (Å²) in [6, 6.07) is 5.35. The highest BCUT2D eigenvalue weighted by Crippen LogP contribution is 2.30. The molecule has 1 aromatic heterocycles. The van der Waals surface area contributed by atoms with Crippen molar-refractivity contribution in [1.82, 2.24) is 15.0 Å². The molecule has 0 fully saturated rings. The summed E-state index contributed by atoms with van der Waals surface area (Å²) in [6.45, 7) is 4.12. The number of aldehydes is 1. The van der Waals surface area contributed by atoms with Crippen LogP contribution in [0.5, 0.6) is 11.5 Å². The molecule has 0 saturated heterocycles. The third-order valence-corrected chi connectivity index (χ3v) is 2.80. The fourth-order valence-electron chi connectivity index (χ4n) is 1.90. The van der Waals surface area contributed by atoms with Crippen LogP contribution in [0.25, 0.3) is 11.3 Å². The highest BCUT2D eigenvalue weighted by atomic mass is 16.5. The Balaban J connectivity index is 2.62. The predicted molar refractivity (Wildman–Crippen MR) is 74.1 cm³/mol. The van der Waals surface area contributed by atoms with E-state index in [2.05, 4.69) is 16.9 Å². The summed E-state index contributed by atoms with van der Waals surface area (Å²) in [5.41, 5.74) is 1.62. The number of methoxy groups -OCH3 is 2. The molecule has 0 amide bonds. The molecule has 0 aliphatic carbocycles. The van der Waals surface area contributed by atoms with Gasteiger partial charge >= 0.3 is 0 Å². The molecule has 0 radical (unpaired) electrons. The van der Waals surface area contributed by atoms with Crippen LogP contribution in [-0.4, -0.2) is 35.5 Å². The highest BCUT2D eigenvalue weighted by Gasteiger charge is 2.15. The van der Waals surface area contributed by atoms with Gasteiger partial charge in [0.25, 0.3) is 0 Å². The summed E-state index contributed by atoms with van der Waals surface area (Å²) < 4.78 is 12.1. The third-order valence-electron chi connectivity index (χ3n) is 2.80. The minimum Gasteiger partial charge on any atom is -0.497 e. The number of hydrogen-bond acceptors (Lipinski definition) is 5. The van der Waals surface area contributed by atoms with Crippen molar-refractivity contribution >= 4 is 6.29 Å². The lowest BCUT2D eigenvalue weighted by atomic mass is 10.1. The Morgan fingerprint density at radius 2 is 1.90 bits per heavy atom. The van der Waals surface area contributed by atoms with Crippen molar-refractivity contribution in [3.63, 3.8) is 0 Å². The van der Waals surface area contributed by atoms with Gasteiger partial charge in [0.15, 0.2) is 12.0 Å². The number of aromatic nitrogens is 3. The number of hydrogen-bond donors (Lipinski definition) is 0. The van der Waals surface area contributed by atoms with E-state index in [4.69, 9.17) is 9.47 Å². The van der Waals surface area contributed by atoms with Gasteiger partial charge in [-0.25, -0.2) is 4.68 Å². The zero-order valence-corrected chi connectivity index (χ0v) is 11.4. The number of carbonyl (C=O) groups is 1. The second-order valence-corrected chi connectivity index (χ2v) is 4.01. The summed E-state index contributed by atoms with van der Waals surface area (Å²) in [5, 5.41) is 7.80. The van der Waals surface area contributed by atoms with Crippen LogP contribution in [0.15, 0.2) is 30.9 Å². The molecule has 2 aromatic rings. The van der Waals surface area contributed by atoms with E-state index in [0.29, 0.717) is 30.0 Å². The van der Waals surface area contributed by atoms with Crippen LogP contribution < -0.4 is 9.47 Å². The van der Waals surface area contributed by atoms with Crippen molar-refractivity contribution in [2.45, 2.75) is 6.54 Å². The van der Waals surface area contributed by atoms with Gasteiger partial charge in [-0.2, -0.15) is 0 Å². The molecule has 104 valence electrons. The largest absolute Gasteiger partial charge is 0.497 e. The maximum absolute atomic E-state index is 11.1. The van der Waals surface area contributed by atoms with E-state index in [1.54, 1.807) is 43.2 Å². The third kappa shape index (κ3) is 2.54. The first kappa shape index (κ1) is 13.8. The molecule has 0 spiro atoms. The van der Waals surface area contributed by atoms with E-state index in [1.807, 2.05) is 0 Å². The molecule has 20 heavy (non-hydrogen) atoms. The molecule has 1 heterocycles. The first-order chi connectivity index (χ1) is 9.73. The summed E-state index contributed by atoms with van der Waals surface area (Å²) in [5.74, 6) is 1.25. The van der Waals surface area contributed by atoms with Crippen molar-refractivity contribution in [3.05, 3.63) is 36.5 Å². The SMILES string of the molecule is C=CCn1nnc(C=O)c1-c1cc(OC)cc(OC)c1. The average Bonchev–Trinajstić information content (AvgIpc) is 2.89. The molecule has 6 nitrogen and oxygen atoms in total. The smallest absolute Gasteiger partial charge is 0.172 e. The van der Waals surface area contributed by atoms with Gasteiger partial charge in [-0.15, -0.1) is 11.7 Å². The number of ether oxygens (including phenoxy) is 2. The van der Waals surface area contributed by atoms with E-state index < -0.39 is 0 Å². The van der Waals surface area contributed by atoms with Gasteiger partial charge in [0, 0.05) is 11.6 Å². The maximum atomic E-state index is 11.1. The van der Waals surface area contributed by atoms with Crippen molar-refractivity contribution in [1.29, 1.82) is 0 Å². The number of carbonyl (C=O) groups excluding carboxylic acids is 1. The fourth-order valence-corrected chi connectivity index (χ4v) is 1.90. The van der Waals surface area contributed by atoms with Crippen LogP contribution in [0.1, 0.15) is 10.5 Å². The first-order valence-corrected chi connectivity index (χ1v) is 5.96. The molecule has 6 heteroatoms. The first-order valence-electron chi connectivity index (χ1n) is 5.96. The molecule has 0 bridgehead atoms. The Morgan fingerprint density at radius 3 is 2.40 bits per heavy atom. The molecule has 0 aliphatic heterocycles. The Morgan fingerprint density at radius 1 is 1.25 bits per heavy atom. The fraction of sp³-hybridized carbons (Fsp3) is 0.214. The average molecular weight is 273 g/mol. The minimum atomic E-state index is 0.266. The molecule has 0 saturated carbocycles. The second-order valence-electron chi connectivity index (χ2n) is 4.01. The zero-order chi connectivity index (χ0) is 14.5. The van der Waals surface area contributed by atoms with Crippen LogP contribution in [0.4, 0.5) is 0 Å². The van der Waals surface area contributed by atoms with Gasteiger partial charge in [0.1, 0.15) is 11.5 Å². The topological polar surface area (TPSA) is 66.2 Å². The number of rotatable bonds is 6. The lowest BCUT2D eigenvalue weighted by Crippen LogP contribution is -2.01. The quantitative estimate of drug-likeness (QED) is 0.594. The second kappa shape index (κ2) is 6.01. The lowest BCUT2D eigenvalue weighted by Gasteiger charge is -2.09. The Bertz CT molecular complexity index is 612. The molecule has 0 unspecified atom stereocenters. The standard InChI is InChI=1S/C14H15N3O3/c1-4-5-17-14(13(9-18)15-16-17)10-6-11(19-2)8-12(7-10)20-3/h4,6-9H,1,5H2,2-3H3. The van der Waals surface area contributed by atoms with Gasteiger partial charge in [-0.3, -0.25) is 4.79 Å². The van der Waals surface area contributed by atoms with Crippen LogP contribution >= 0.6 is 0 Å². The molecule has 1 aromatic carbocycles. The van der Waals surface area contributed by atoms with E-state index in [0.717, 1.165) is 5.56 Å². The minimum absolute atomic E-state index is 0.266. The molecule has 0 aliphatic rings. The lowest BCUT2D eigenvalue weighted by molar-refractivity contribution is 0.111. The number of allylic oxidation sites excluding steroid dienone is 1. The van der Waals surface area contributed by atoms with Crippen molar-refractivity contribution in [2.24, 2.45) is 0 Å². The van der Waals surface area contributed by atoms with Crippen LogP contribution in [0, 0.1) is 0 Å². The van der Waals surface area contributed by atoms with Crippen molar-refractivity contribution in [2.75, 3.05) is 14.2 Å². The molecular weight excluding hydrogens is 258 g/mol. The molecule has 2 rings (SSSR count). The highest BCUT2D eigenvalue weighted by molar-refractivity contribution is 5.84. The Kier molecular flexibility index (Phi) is 4.14. The van der Waals surface area contributed by atoms with Gasteiger partial charge in [-0.1, -0.05) is 11.3 Å². The summed E-state index contributed by atoms with van der Waals surface area (Å²) in [7, 11) is 3.14. The van der Waals surface area contributed by atoms with Crippen LogP contribution in [-0.2, 0) is 6.54 Å². The van der Waals surface area contributed by atoms with Gasteiger partial charge in [-0.05, 0) is 12.1 Å². The van der Waals surface area contributed by atoms with E-state index in [9.17, 15) is 4.79 Å². The van der Waals surface area contributed by atoms with Gasteiger partial charge < -0.3 is 9.47 Å². The van der Waals surface area contributed by atoms with Crippen molar-refractivity contribution < 1.29 is 14.3 Å². The van der Waals surface area contributed by atoms with E-state index >= 15 is 0 Å². The zero-order valence-electron chi connectivity index (χ0n) is 11.4. The van der Waals surface area contributed by atoms with E-state index in [1.165, 1.54) is 0 Å².